The molecule has 1 aromatic carbocycles. The first-order valence-electron chi connectivity index (χ1n) is 6.36. The molecule has 1 amide bonds. The quantitative estimate of drug-likeness (QED) is 0.878. The maximum absolute atomic E-state index is 12.5. The molecule has 114 valence electrons. The fourth-order valence-electron chi connectivity index (χ4n) is 1.52. The number of carbonyl (C=O) groups excluding carboxylic acids is 1. The summed E-state index contributed by atoms with van der Waals surface area (Å²) < 4.78 is 37.6. The van der Waals surface area contributed by atoms with Crippen molar-refractivity contribution in [1.29, 1.82) is 5.26 Å². The predicted molar refractivity (Wildman–Crippen MR) is 72.5 cm³/mol. The van der Waals surface area contributed by atoms with Gasteiger partial charge in [-0.2, -0.15) is 18.4 Å². The Morgan fingerprint density at radius 2 is 2.05 bits per heavy atom. The van der Waals surface area contributed by atoms with Crippen molar-refractivity contribution in [3.63, 3.8) is 0 Å². The van der Waals surface area contributed by atoms with E-state index in [1.165, 1.54) is 0 Å². The van der Waals surface area contributed by atoms with Crippen LogP contribution in [0.15, 0.2) is 18.2 Å². The summed E-state index contributed by atoms with van der Waals surface area (Å²) in [4.78, 5) is 11.5. The Morgan fingerprint density at radius 3 is 2.57 bits per heavy atom. The maximum atomic E-state index is 12.5. The summed E-state index contributed by atoms with van der Waals surface area (Å²) in [5, 5.41) is 14.2. The number of nitrogens with one attached hydrogen (secondary N) is 2. The van der Waals surface area contributed by atoms with Gasteiger partial charge < -0.3 is 10.6 Å². The number of nitriles is 1. The van der Waals surface area contributed by atoms with Crippen molar-refractivity contribution in [3.05, 3.63) is 29.3 Å². The molecule has 4 nitrogen and oxygen atoms in total. The van der Waals surface area contributed by atoms with Gasteiger partial charge in [-0.05, 0) is 24.1 Å². The number of hydrogen-bond acceptors (Lipinski definition) is 3. The van der Waals surface area contributed by atoms with Crippen LogP contribution >= 0.6 is 0 Å². The predicted octanol–water partition coefficient (Wildman–Crippen LogP) is 2.76. The van der Waals surface area contributed by atoms with Crippen LogP contribution in [-0.2, 0) is 11.0 Å². The van der Waals surface area contributed by atoms with E-state index in [9.17, 15) is 18.0 Å². The number of halogens is 3. The summed E-state index contributed by atoms with van der Waals surface area (Å²) >= 11 is 0. The van der Waals surface area contributed by atoms with Crippen LogP contribution in [0.25, 0.3) is 0 Å². The van der Waals surface area contributed by atoms with Crippen molar-refractivity contribution < 1.29 is 18.0 Å². The first-order chi connectivity index (χ1) is 9.74. The average molecular weight is 299 g/mol. The second-order valence-electron chi connectivity index (χ2n) is 4.92. The molecule has 2 N–H and O–H groups in total. The summed E-state index contributed by atoms with van der Waals surface area (Å²) in [6, 6.07) is 4.47. The van der Waals surface area contributed by atoms with Gasteiger partial charge >= 0.3 is 6.18 Å². The average Bonchev–Trinajstić information content (AvgIpc) is 2.41. The monoisotopic (exact) mass is 299 g/mol. The van der Waals surface area contributed by atoms with Crippen LogP contribution in [0.4, 0.5) is 18.9 Å². The van der Waals surface area contributed by atoms with Crippen LogP contribution in [0.1, 0.15) is 25.0 Å². The van der Waals surface area contributed by atoms with Crippen LogP contribution in [0.5, 0.6) is 0 Å². The Hall–Kier alpha value is -2.23. The van der Waals surface area contributed by atoms with E-state index in [-0.39, 0.29) is 23.7 Å². The maximum Gasteiger partial charge on any atom is 0.416 e. The molecular formula is C14H16F3N3O. The number of amides is 1. The number of alkyl halides is 3. The first-order valence-corrected chi connectivity index (χ1v) is 6.36. The molecule has 0 heterocycles. The minimum absolute atomic E-state index is 0.104. The third-order valence-electron chi connectivity index (χ3n) is 2.61. The van der Waals surface area contributed by atoms with E-state index in [0.717, 1.165) is 18.2 Å². The van der Waals surface area contributed by atoms with E-state index in [1.54, 1.807) is 6.07 Å². The normalized spacial score (nSPS) is 11.1. The Morgan fingerprint density at radius 1 is 1.38 bits per heavy atom. The third kappa shape index (κ3) is 5.34. The molecule has 0 atom stereocenters. The molecule has 0 unspecified atom stereocenters. The lowest BCUT2D eigenvalue weighted by Crippen LogP contribution is -2.32. The number of rotatable bonds is 5. The largest absolute Gasteiger partial charge is 0.416 e. The summed E-state index contributed by atoms with van der Waals surface area (Å²) in [6.45, 7) is 4.29. The molecule has 0 spiro atoms. The van der Waals surface area contributed by atoms with Gasteiger partial charge in [0.1, 0.15) is 6.07 Å². The van der Waals surface area contributed by atoms with E-state index in [1.807, 2.05) is 13.8 Å². The Bertz CT molecular complexity index is 547. The van der Waals surface area contributed by atoms with Gasteiger partial charge in [0.25, 0.3) is 0 Å². The fraction of sp³-hybridized carbons (Fsp3) is 0.429. The SMILES string of the molecule is CC(C)CNC(=O)CNc1ccc(C(F)(F)F)cc1C#N. The molecule has 0 fully saturated rings. The highest BCUT2D eigenvalue weighted by atomic mass is 19.4. The fourth-order valence-corrected chi connectivity index (χ4v) is 1.52. The van der Waals surface area contributed by atoms with Crippen molar-refractivity contribution in [3.8, 4) is 6.07 Å². The molecule has 0 saturated heterocycles. The van der Waals surface area contributed by atoms with E-state index in [0.29, 0.717) is 12.5 Å². The Labute approximate surface area is 121 Å². The second kappa shape index (κ2) is 6.97. The van der Waals surface area contributed by atoms with Gasteiger partial charge in [-0.25, -0.2) is 0 Å². The zero-order chi connectivity index (χ0) is 16.0. The molecule has 21 heavy (non-hydrogen) atoms. The van der Waals surface area contributed by atoms with E-state index < -0.39 is 11.7 Å². The lowest BCUT2D eigenvalue weighted by atomic mass is 10.1. The molecule has 0 radical (unpaired) electrons. The minimum Gasteiger partial charge on any atom is -0.375 e. The number of hydrogen-bond donors (Lipinski definition) is 2. The van der Waals surface area contributed by atoms with Crippen LogP contribution in [-0.4, -0.2) is 19.0 Å². The first kappa shape index (κ1) is 16.8. The molecule has 0 aromatic heterocycles. The van der Waals surface area contributed by atoms with Crippen LogP contribution in [0.2, 0.25) is 0 Å². The van der Waals surface area contributed by atoms with Gasteiger partial charge in [-0.15, -0.1) is 0 Å². The topological polar surface area (TPSA) is 64.9 Å². The minimum atomic E-state index is -4.50. The van der Waals surface area contributed by atoms with Gasteiger partial charge in [0.2, 0.25) is 5.91 Å². The summed E-state index contributed by atoms with van der Waals surface area (Å²) in [6.07, 6.45) is -4.50. The van der Waals surface area contributed by atoms with E-state index >= 15 is 0 Å². The zero-order valence-corrected chi connectivity index (χ0v) is 11.7. The number of carbonyl (C=O) groups is 1. The molecule has 0 bridgehead atoms. The number of anilines is 1. The van der Waals surface area contributed by atoms with Gasteiger partial charge in [-0.3, -0.25) is 4.79 Å². The van der Waals surface area contributed by atoms with Crippen LogP contribution < -0.4 is 10.6 Å². The summed E-state index contributed by atoms with van der Waals surface area (Å²) in [5.74, 6) is 0.0159. The van der Waals surface area contributed by atoms with Gasteiger partial charge in [0.05, 0.1) is 23.4 Å². The number of nitrogens with zero attached hydrogens (tertiary/aromatic N) is 1. The smallest absolute Gasteiger partial charge is 0.375 e. The highest BCUT2D eigenvalue weighted by molar-refractivity contribution is 5.81. The third-order valence-corrected chi connectivity index (χ3v) is 2.61. The van der Waals surface area contributed by atoms with Crippen molar-refractivity contribution in [2.45, 2.75) is 20.0 Å². The lowest BCUT2D eigenvalue weighted by molar-refractivity contribution is -0.137. The Balaban J connectivity index is 2.72. The molecule has 0 saturated carbocycles. The lowest BCUT2D eigenvalue weighted by Gasteiger charge is -2.12. The molecule has 0 aliphatic rings. The van der Waals surface area contributed by atoms with Crippen LogP contribution in [0, 0.1) is 17.2 Å². The van der Waals surface area contributed by atoms with Crippen molar-refractivity contribution in [2.75, 3.05) is 18.4 Å². The second-order valence-corrected chi connectivity index (χ2v) is 4.92. The van der Waals surface area contributed by atoms with Crippen LogP contribution in [0.3, 0.4) is 0 Å². The van der Waals surface area contributed by atoms with Gasteiger partial charge in [0, 0.05) is 6.54 Å². The molecule has 7 heteroatoms. The summed E-state index contributed by atoms with van der Waals surface area (Å²) in [7, 11) is 0. The van der Waals surface area contributed by atoms with Gasteiger partial charge in [-0.1, -0.05) is 13.8 Å². The van der Waals surface area contributed by atoms with Gasteiger partial charge in [0.15, 0.2) is 0 Å². The molecule has 0 aliphatic heterocycles. The molecule has 1 aromatic rings. The van der Waals surface area contributed by atoms with Crippen molar-refractivity contribution >= 4 is 11.6 Å². The number of benzene rings is 1. The zero-order valence-electron chi connectivity index (χ0n) is 11.7. The molecule has 1 rings (SSSR count). The summed E-state index contributed by atoms with van der Waals surface area (Å²) in [5.41, 5.74) is -0.847. The van der Waals surface area contributed by atoms with E-state index in [2.05, 4.69) is 10.6 Å². The highest BCUT2D eigenvalue weighted by Crippen LogP contribution is 2.31. The van der Waals surface area contributed by atoms with Crippen molar-refractivity contribution in [1.82, 2.24) is 5.32 Å². The highest BCUT2D eigenvalue weighted by Gasteiger charge is 2.31. The van der Waals surface area contributed by atoms with E-state index in [4.69, 9.17) is 5.26 Å². The standard InChI is InChI=1S/C14H16F3N3O/c1-9(2)7-20-13(21)8-19-12-4-3-11(14(15,16)17)5-10(12)6-18/h3-5,9,19H,7-8H2,1-2H3,(H,20,21). The Kier molecular flexibility index (Phi) is 5.59. The molecule has 0 aliphatic carbocycles. The van der Waals surface area contributed by atoms with Crippen molar-refractivity contribution in [2.24, 2.45) is 5.92 Å². The molecular weight excluding hydrogens is 283 g/mol.